The summed E-state index contributed by atoms with van der Waals surface area (Å²) in [6.45, 7) is 2.51. The van der Waals surface area contributed by atoms with Gasteiger partial charge in [-0.3, -0.25) is 0 Å². The van der Waals surface area contributed by atoms with Crippen LogP contribution in [0.15, 0.2) is 0 Å². The fourth-order valence-corrected chi connectivity index (χ4v) is 1.99. The van der Waals surface area contributed by atoms with E-state index in [9.17, 15) is 0 Å². The molecule has 1 nitrogen and oxygen atoms in total. The Morgan fingerprint density at radius 1 is 0.550 bits per heavy atom. The molecule has 0 spiro atoms. The number of aliphatic hydroxyl groups is 1. The van der Waals surface area contributed by atoms with Crippen LogP contribution in [0.1, 0.15) is 90.4 Å². The van der Waals surface area contributed by atoms with Crippen LogP contribution in [0.3, 0.4) is 0 Å². The molecule has 0 saturated carbocycles. The van der Waals surface area contributed by atoms with Gasteiger partial charge in [0.25, 0.3) is 0 Å². The topological polar surface area (TPSA) is 20.2 Å². The molecule has 0 heterocycles. The van der Waals surface area contributed by atoms with E-state index in [-0.39, 0.29) is 6.61 Å². The molecule has 0 aromatic rings. The second-order valence-electron chi connectivity index (χ2n) is 5.26. The van der Waals surface area contributed by atoms with E-state index in [4.69, 9.17) is 5.11 Å². The number of aliphatic hydroxyl groups excluding tert-OH is 1. The van der Waals surface area contributed by atoms with Gasteiger partial charge in [0.05, 0.1) is 0 Å². The van der Waals surface area contributed by atoms with Crippen LogP contribution in [0.4, 0.5) is 0 Å². The van der Waals surface area contributed by atoms with Crippen molar-refractivity contribution in [3.05, 3.63) is 0 Å². The smallest absolute Gasteiger partial charge is 0.0440 e. The van der Waals surface area contributed by atoms with Gasteiger partial charge in [0.2, 0.25) is 0 Å². The molecule has 0 aromatic carbocycles. The number of hydrogen-bond acceptors (Lipinski definition) is 1. The van der Waals surface area contributed by atoms with E-state index in [1.54, 1.807) is 0 Å². The molecule has 0 amide bonds. The Morgan fingerprint density at radius 2 is 1.00 bits per heavy atom. The molecule has 0 radical (unpaired) electrons. The lowest BCUT2D eigenvalue weighted by Crippen LogP contribution is -1.80. The second kappa shape index (κ2) is 18.1. The molecule has 0 aliphatic carbocycles. The monoisotopic (exact) mass is 276 g/mol. The molecule has 0 saturated heterocycles. The quantitative estimate of drug-likeness (QED) is 0.412. The zero-order chi connectivity index (χ0) is 14.7. The number of hydrogen-bond donors (Lipinski definition) is 1. The summed E-state index contributed by atoms with van der Waals surface area (Å²) in [5, 5.41) is 8.59. The minimum atomic E-state index is 0.243. The van der Waals surface area contributed by atoms with Gasteiger partial charge in [-0.2, -0.15) is 0 Å². The highest BCUT2D eigenvalue weighted by Gasteiger charge is 1.90. The van der Waals surface area contributed by atoms with Crippen molar-refractivity contribution in [2.24, 2.45) is 0 Å². The maximum Gasteiger partial charge on any atom is 0.0440 e. The van der Waals surface area contributed by atoms with Crippen LogP contribution in [0, 0.1) is 23.7 Å². The van der Waals surface area contributed by atoms with Crippen LogP contribution in [0.2, 0.25) is 0 Å². The van der Waals surface area contributed by atoms with Gasteiger partial charge in [-0.1, -0.05) is 51.9 Å². The molecule has 0 unspecified atom stereocenters. The summed E-state index contributed by atoms with van der Waals surface area (Å²) in [5.41, 5.74) is 0. The van der Waals surface area contributed by atoms with Crippen molar-refractivity contribution in [2.75, 3.05) is 6.61 Å². The summed E-state index contributed by atoms with van der Waals surface area (Å²) in [6.07, 6.45) is 15.3. The van der Waals surface area contributed by atoms with Crippen LogP contribution < -0.4 is 0 Å². The third-order valence-electron chi connectivity index (χ3n) is 3.24. The highest BCUT2D eigenvalue weighted by Crippen LogP contribution is 2.09. The lowest BCUT2D eigenvalue weighted by Gasteiger charge is -1.99. The third kappa shape index (κ3) is 17.1. The zero-order valence-electron chi connectivity index (χ0n) is 13.3. The molecule has 0 fully saturated rings. The van der Waals surface area contributed by atoms with E-state index in [0.29, 0.717) is 0 Å². The summed E-state index contributed by atoms with van der Waals surface area (Å²) in [6, 6.07) is 0. The van der Waals surface area contributed by atoms with Gasteiger partial charge in [0.1, 0.15) is 0 Å². The maximum atomic E-state index is 8.59. The van der Waals surface area contributed by atoms with Gasteiger partial charge in [0.15, 0.2) is 0 Å². The Labute approximate surface area is 126 Å². The minimum absolute atomic E-state index is 0.243. The van der Waals surface area contributed by atoms with E-state index < -0.39 is 0 Å². The van der Waals surface area contributed by atoms with Gasteiger partial charge >= 0.3 is 0 Å². The predicted molar refractivity (Wildman–Crippen MR) is 88.3 cm³/mol. The number of rotatable bonds is 11. The molecule has 0 aromatic heterocycles. The van der Waals surface area contributed by atoms with Gasteiger partial charge in [0, 0.05) is 32.3 Å². The van der Waals surface area contributed by atoms with Crippen molar-refractivity contribution < 1.29 is 5.11 Å². The van der Waals surface area contributed by atoms with Gasteiger partial charge in [-0.25, -0.2) is 0 Å². The van der Waals surface area contributed by atoms with Crippen molar-refractivity contribution in [3.63, 3.8) is 0 Å². The first-order valence-electron chi connectivity index (χ1n) is 8.44. The predicted octanol–water partition coefficient (Wildman–Crippen LogP) is 5.08. The minimum Gasteiger partial charge on any atom is -0.396 e. The van der Waals surface area contributed by atoms with Gasteiger partial charge in [-0.15, -0.1) is 23.7 Å². The first-order valence-corrected chi connectivity index (χ1v) is 8.44. The van der Waals surface area contributed by atoms with E-state index in [2.05, 4.69) is 30.6 Å². The third-order valence-corrected chi connectivity index (χ3v) is 3.24. The fourth-order valence-electron chi connectivity index (χ4n) is 1.99. The summed E-state index contributed by atoms with van der Waals surface area (Å²) in [5.74, 6) is 12.6. The van der Waals surface area contributed by atoms with Crippen LogP contribution in [0.5, 0.6) is 0 Å². The zero-order valence-corrected chi connectivity index (χ0v) is 13.3. The summed E-state index contributed by atoms with van der Waals surface area (Å²) >= 11 is 0. The average Bonchev–Trinajstić information content (AvgIpc) is 2.47. The Kier molecular flexibility index (Phi) is 17.2. The molecular formula is C19H32O. The lowest BCUT2D eigenvalue weighted by molar-refractivity contribution is 0.290. The van der Waals surface area contributed by atoms with Gasteiger partial charge in [-0.05, 0) is 12.8 Å². The maximum absolute atomic E-state index is 8.59. The van der Waals surface area contributed by atoms with E-state index in [0.717, 1.165) is 32.1 Å². The van der Waals surface area contributed by atoms with Crippen molar-refractivity contribution in [1.82, 2.24) is 0 Å². The van der Waals surface area contributed by atoms with E-state index in [1.165, 1.54) is 51.4 Å². The van der Waals surface area contributed by atoms with Crippen LogP contribution in [-0.4, -0.2) is 11.7 Å². The van der Waals surface area contributed by atoms with Crippen molar-refractivity contribution in [3.8, 4) is 23.7 Å². The molecule has 114 valence electrons. The lowest BCUT2D eigenvalue weighted by atomic mass is 10.1. The molecule has 20 heavy (non-hydrogen) atoms. The largest absolute Gasteiger partial charge is 0.396 e. The molecule has 0 aliphatic heterocycles. The summed E-state index contributed by atoms with van der Waals surface area (Å²) < 4.78 is 0. The molecular weight excluding hydrogens is 244 g/mol. The highest BCUT2D eigenvalue weighted by molar-refractivity contribution is 5.05. The number of unbranched alkanes of at least 4 members (excludes halogenated alkanes) is 10. The SMILES string of the molecule is CCCCCCCCCCC#CCCC#CCCCO. The molecule has 0 bridgehead atoms. The molecule has 1 heteroatoms. The van der Waals surface area contributed by atoms with Crippen molar-refractivity contribution >= 4 is 0 Å². The Balaban J connectivity index is 3.18. The van der Waals surface area contributed by atoms with Crippen molar-refractivity contribution in [2.45, 2.75) is 90.4 Å². The standard InChI is InChI=1S/C19H32O/c1-2-3-4-5-6-7-8-9-10-11-12-13-14-15-16-17-18-19-20/h20H,2-10,13-14,17-19H2,1H3. The Morgan fingerprint density at radius 3 is 1.55 bits per heavy atom. The molecule has 0 rings (SSSR count). The van der Waals surface area contributed by atoms with Crippen LogP contribution >= 0.6 is 0 Å². The van der Waals surface area contributed by atoms with E-state index >= 15 is 0 Å². The first kappa shape index (κ1) is 19.1. The summed E-state index contributed by atoms with van der Waals surface area (Å²) in [4.78, 5) is 0. The second-order valence-corrected chi connectivity index (χ2v) is 5.26. The Bertz CT molecular complexity index is 297. The van der Waals surface area contributed by atoms with E-state index in [1.807, 2.05) is 0 Å². The first-order chi connectivity index (χ1) is 9.91. The van der Waals surface area contributed by atoms with Crippen LogP contribution in [0.25, 0.3) is 0 Å². The Hall–Kier alpha value is -0.920. The van der Waals surface area contributed by atoms with Crippen LogP contribution in [-0.2, 0) is 0 Å². The van der Waals surface area contributed by atoms with Crippen molar-refractivity contribution in [1.29, 1.82) is 0 Å². The molecule has 0 atom stereocenters. The van der Waals surface area contributed by atoms with Gasteiger partial charge < -0.3 is 5.11 Å². The fraction of sp³-hybridized carbons (Fsp3) is 0.789. The average molecular weight is 276 g/mol. The normalized spacial score (nSPS) is 9.50. The molecule has 1 N–H and O–H groups in total. The highest BCUT2D eigenvalue weighted by atomic mass is 16.2. The molecule has 0 aliphatic rings. The summed E-state index contributed by atoms with van der Waals surface area (Å²) in [7, 11) is 0.